The minimum absolute atomic E-state index is 0.00644. The van der Waals surface area contributed by atoms with Crippen molar-refractivity contribution in [1.82, 2.24) is 19.9 Å². The van der Waals surface area contributed by atoms with Gasteiger partial charge in [-0.15, -0.1) is 0 Å². The lowest BCUT2D eigenvalue weighted by Crippen LogP contribution is -2.48. The van der Waals surface area contributed by atoms with E-state index in [1.54, 1.807) is 6.20 Å². The van der Waals surface area contributed by atoms with Crippen molar-refractivity contribution in [3.8, 4) is 0 Å². The summed E-state index contributed by atoms with van der Waals surface area (Å²) in [6.45, 7) is 5.66. The molecule has 0 unspecified atom stereocenters. The van der Waals surface area contributed by atoms with Gasteiger partial charge in [0.15, 0.2) is 5.76 Å². The first-order chi connectivity index (χ1) is 12.2. The topological polar surface area (TPSA) is 62.5 Å². The summed E-state index contributed by atoms with van der Waals surface area (Å²) >= 11 is 0. The molecule has 3 aromatic rings. The minimum Gasteiger partial charge on any atom is -0.360 e. The monoisotopic (exact) mass is 336 g/mol. The van der Waals surface area contributed by atoms with E-state index < -0.39 is 0 Å². The van der Waals surface area contributed by atoms with Crippen molar-refractivity contribution >= 4 is 16.7 Å². The molecule has 4 rings (SSSR count). The molecule has 1 fully saturated rings. The lowest BCUT2D eigenvalue weighted by Gasteiger charge is -2.34. The molecule has 2 aromatic heterocycles. The van der Waals surface area contributed by atoms with Crippen LogP contribution >= 0.6 is 0 Å². The molecule has 0 atom stereocenters. The largest absolute Gasteiger partial charge is 0.360 e. The number of aromatic nitrogens is 2. The van der Waals surface area contributed by atoms with Crippen LogP contribution in [-0.2, 0) is 6.54 Å². The van der Waals surface area contributed by atoms with Gasteiger partial charge in [-0.2, -0.15) is 0 Å². The van der Waals surface area contributed by atoms with Crippen molar-refractivity contribution < 1.29 is 9.32 Å². The Labute approximate surface area is 146 Å². The van der Waals surface area contributed by atoms with E-state index in [1.165, 1.54) is 0 Å². The molecule has 1 amide bonds. The van der Waals surface area contributed by atoms with Gasteiger partial charge < -0.3 is 9.42 Å². The number of fused-ring (bicyclic) bond motifs is 1. The van der Waals surface area contributed by atoms with Crippen LogP contribution in [0.25, 0.3) is 10.8 Å². The number of amides is 1. The smallest absolute Gasteiger partial charge is 0.273 e. The van der Waals surface area contributed by atoms with Gasteiger partial charge in [0.2, 0.25) is 0 Å². The van der Waals surface area contributed by atoms with E-state index in [0.29, 0.717) is 18.8 Å². The van der Waals surface area contributed by atoms with E-state index in [0.717, 1.165) is 41.9 Å². The maximum Gasteiger partial charge on any atom is 0.273 e. The second kappa shape index (κ2) is 6.64. The molecule has 1 aliphatic heterocycles. The van der Waals surface area contributed by atoms with Crippen LogP contribution < -0.4 is 0 Å². The fourth-order valence-electron chi connectivity index (χ4n) is 3.26. The minimum atomic E-state index is 0.00644. The first kappa shape index (κ1) is 15.8. The Hall–Kier alpha value is -2.73. The van der Waals surface area contributed by atoms with Gasteiger partial charge in [-0.25, -0.2) is 0 Å². The van der Waals surface area contributed by atoms with Crippen LogP contribution in [0.15, 0.2) is 47.1 Å². The van der Waals surface area contributed by atoms with Crippen LogP contribution in [0.4, 0.5) is 0 Å². The predicted octanol–water partition coefficient (Wildman–Crippen LogP) is 2.49. The van der Waals surface area contributed by atoms with Gasteiger partial charge >= 0.3 is 0 Å². The molecule has 0 spiro atoms. The molecule has 0 N–H and O–H groups in total. The second-order valence-corrected chi connectivity index (χ2v) is 6.38. The van der Waals surface area contributed by atoms with Crippen LogP contribution in [0.2, 0.25) is 0 Å². The zero-order valence-corrected chi connectivity index (χ0v) is 14.2. The Balaban J connectivity index is 1.44. The third-order valence-electron chi connectivity index (χ3n) is 4.59. The van der Waals surface area contributed by atoms with E-state index in [1.807, 2.05) is 48.2 Å². The van der Waals surface area contributed by atoms with E-state index >= 15 is 0 Å². The number of hydrogen-bond acceptors (Lipinski definition) is 5. The van der Waals surface area contributed by atoms with E-state index in [4.69, 9.17) is 4.52 Å². The Kier molecular flexibility index (Phi) is 4.19. The SMILES string of the molecule is Cc1cc(CN2CCN(C(=O)c3nccc4ccccc34)CC2)on1. The van der Waals surface area contributed by atoms with Crippen molar-refractivity contribution in [2.45, 2.75) is 13.5 Å². The highest BCUT2D eigenvalue weighted by Crippen LogP contribution is 2.19. The number of carbonyl (C=O) groups excluding carboxylic acids is 1. The molecule has 3 heterocycles. The number of hydrogen-bond donors (Lipinski definition) is 0. The average molecular weight is 336 g/mol. The van der Waals surface area contributed by atoms with Crippen LogP contribution in [0, 0.1) is 6.92 Å². The molecular formula is C19H20N4O2. The normalized spacial score (nSPS) is 15.6. The molecule has 128 valence electrons. The number of rotatable bonds is 3. The lowest BCUT2D eigenvalue weighted by atomic mass is 10.1. The molecule has 0 radical (unpaired) electrons. The van der Waals surface area contributed by atoms with Gasteiger partial charge in [0, 0.05) is 43.8 Å². The third kappa shape index (κ3) is 3.25. The fourth-order valence-corrected chi connectivity index (χ4v) is 3.26. The Morgan fingerprint density at radius 3 is 2.72 bits per heavy atom. The summed E-state index contributed by atoms with van der Waals surface area (Å²) in [6, 6.07) is 11.8. The number of pyridine rings is 1. The molecule has 6 nitrogen and oxygen atoms in total. The molecule has 1 aromatic carbocycles. The number of aryl methyl sites for hydroxylation is 1. The molecule has 25 heavy (non-hydrogen) atoms. The summed E-state index contributed by atoms with van der Waals surface area (Å²) in [5.41, 5.74) is 1.43. The summed E-state index contributed by atoms with van der Waals surface area (Å²) in [7, 11) is 0. The van der Waals surface area contributed by atoms with Crippen LogP contribution in [0.5, 0.6) is 0 Å². The highest BCUT2D eigenvalue weighted by Gasteiger charge is 2.24. The van der Waals surface area contributed by atoms with E-state index in [2.05, 4.69) is 15.0 Å². The Bertz CT molecular complexity index is 892. The van der Waals surface area contributed by atoms with Gasteiger partial charge in [0.05, 0.1) is 12.2 Å². The number of nitrogens with zero attached hydrogens (tertiary/aromatic N) is 4. The third-order valence-corrected chi connectivity index (χ3v) is 4.59. The zero-order valence-electron chi connectivity index (χ0n) is 14.2. The van der Waals surface area contributed by atoms with Crippen molar-refractivity contribution in [2.24, 2.45) is 0 Å². The van der Waals surface area contributed by atoms with Crippen LogP contribution in [0.3, 0.4) is 0 Å². The molecular weight excluding hydrogens is 316 g/mol. The van der Waals surface area contributed by atoms with Crippen molar-refractivity contribution in [3.05, 3.63) is 59.7 Å². The Morgan fingerprint density at radius 1 is 1.16 bits per heavy atom. The second-order valence-electron chi connectivity index (χ2n) is 6.38. The predicted molar refractivity (Wildman–Crippen MR) is 94.2 cm³/mol. The molecule has 1 saturated heterocycles. The van der Waals surface area contributed by atoms with E-state index in [9.17, 15) is 4.79 Å². The summed E-state index contributed by atoms with van der Waals surface area (Å²) in [5.74, 6) is 0.875. The van der Waals surface area contributed by atoms with Gasteiger partial charge in [0.25, 0.3) is 5.91 Å². The van der Waals surface area contributed by atoms with E-state index in [-0.39, 0.29) is 5.91 Å². The first-order valence-electron chi connectivity index (χ1n) is 8.48. The molecule has 0 aliphatic carbocycles. The fraction of sp³-hybridized carbons (Fsp3) is 0.316. The van der Waals surface area contributed by atoms with Crippen molar-refractivity contribution in [2.75, 3.05) is 26.2 Å². The zero-order chi connectivity index (χ0) is 17.2. The van der Waals surface area contributed by atoms with Gasteiger partial charge in [-0.1, -0.05) is 29.4 Å². The summed E-state index contributed by atoms with van der Waals surface area (Å²) in [4.78, 5) is 21.4. The highest BCUT2D eigenvalue weighted by molar-refractivity contribution is 6.05. The van der Waals surface area contributed by atoms with Crippen molar-refractivity contribution in [3.63, 3.8) is 0 Å². The van der Waals surface area contributed by atoms with Gasteiger partial charge in [0.1, 0.15) is 5.69 Å². The first-order valence-corrected chi connectivity index (χ1v) is 8.48. The van der Waals surface area contributed by atoms with Gasteiger partial charge in [-0.05, 0) is 18.4 Å². The molecule has 0 bridgehead atoms. The maximum absolute atomic E-state index is 12.9. The standard InChI is InChI=1S/C19H20N4O2/c1-14-12-16(25-21-14)13-22-8-10-23(11-9-22)19(24)18-17-5-3-2-4-15(17)6-7-20-18/h2-7,12H,8-11,13H2,1H3. The summed E-state index contributed by atoms with van der Waals surface area (Å²) in [5, 5.41) is 5.87. The van der Waals surface area contributed by atoms with Gasteiger partial charge in [-0.3, -0.25) is 14.7 Å². The van der Waals surface area contributed by atoms with Crippen LogP contribution in [-0.4, -0.2) is 52.0 Å². The summed E-state index contributed by atoms with van der Waals surface area (Å²) < 4.78 is 5.28. The molecule has 0 saturated carbocycles. The Morgan fingerprint density at radius 2 is 1.96 bits per heavy atom. The highest BCUT2D eigenvalue weighted by atomic mass is 16.5. The van der Waals surface area contributed by atoms with Crippen molar-refractivity contribution in [1.29, 1.82) is 0 Å². The quantitative estimate of drug-likeness (QED) is 0.735. The maximum atomic E-state index is 12.9. The number of carbonyl (C=O) groups is 1. The summed E-state index contributed by atoms with van der Waals surface area (Å²) in [6.07, 6.45) is 1.71. The van der Waals surface area contributed by atoms with Crippen LogP contribution in [0.1, 0.15) is 21.9 Å². The molecule has 1 aliphatic rings. The lowest BCUT2D eigenvalue weighted by molar-refractivity contribution is 0.0614. The number of piperazine rings is 1. The average Bonchev–Trinajstić information content (AvgIpc) is 3.06. The molecule has 6 heteroatoms. The number of benzene rings is 1.